The number of benzene rings is 1. The van der Waals surface area contributed by atoms with Gasteiger partial charge in [-0.25, -0.2) is 0 Å². The molecule has 0 spiro atoms. The van der Waals surface area contributed by atoms with Crippen LogP contribution in [0.4, 0.5) is 0 Å². The van der Waals surface area contributed by atoms with Gasteiger partial charge in [0, 0.05) is 24.2 Å². The number of aliphatic hydroxyl groups excluding tert-OH is 1. The molecule has 2 N–H and O–H groups in total. The SMILES string of the molecule is COc1cccc(C(O)CNCc2cncs2)c1. The maximum atomic E-state index is 10.0. The van der Waals surface area contributed by atoms with Crippen molar-refractivity contribution in [2.75, 3.05) is 13.7 Å². The average Bonchev–Trinajstić information content (AvgIpc) is 2.92. The first-order valence-electron chi connectivity index (χ1n) is 5.69. The molecule has 1 heterocycles. The Labute approximate surface area is 110 Å². The topological polar surface area (TPSA) is 54.4 Å². The van der Waals surface area contributed by atoms with E-state index in [9.17, 15) is 5.11 Å². The van der Waals surface area contributed by atoms with Gasteiger partial charge in [0.2, 0.25) is 0 Å². The van der Waals surface area contributed by atoms with Gasteiger partial charge in [-0.15, -0.1) is 11.3 Å². The monoisotopic (exact) mass is 264 g/mol. The van der Waals surface area contributed by atoms with E-state index in [1.807, 2.05) is 30.5 Å². The van der Waals surface area contributed by atoms with E-state index >= 15 is 0 Å². The molecule has 0 aliphatic heterocycles. The summed E-state index contributed by atoms with van der Waals surface area (Å²) in [4.78, 5) is 5.16. The first-order chi connectivity index (χ1) is 8.79. The minimum atomic E-state index is -0.534. The molecule has 0 aliphatic carbocycles. The normalized spacial score (nSPS) is 12.3. The number of aliphatic hydroxyl groups is 1. The highest BCUT2D eigenvalue weighted by molar-refractivity contribution is 7.09. The van der Waals surface area contributed by atoms with Crippen LogP contribution in [0.15, 0.2) is 36.0 Å². The minimum absolute atomic E-state index is 0.505. The Morgan fingerprint density at radius 3 is 3.11 bits per heavy atom. The predicted octanol–water partition coefficient (Wildman–Crippen LogP) is 1.97. The highest BCUT2D eigenvalue weighted by Crippen LogP contribution is 2.18. The Morgan fingerprint density at radius 2 is 2.39 bits per heavy atom. The van der Waals surface area contributed by atoms with Gasteiger partial charge in [-0.2, -0.15) is 0 Å². The summed E-state index contributed by atoms with van der Waals surface area (Å²) in [5.74, 6) is 0.758. The van der Waals surface area contributed by atoms with Crippen LogP contribution in [0, 0.1) is 0 Å². The van der Waals surface area contributed by atoms with Crippen LogP contribution in [0.2, 0.25) is 0 Å². The number of rotatable bonds is 6. The number of hydrogen-bond acceptors (Lipinski definition) is 5. The summed E-state index contributed by atoms with van der Waals surface area (Å²) >= 11 is 1.60. The van der Waals surface area contributed by atoms with Gasteiger partial charge in [0.1, 0.15) is 5.75 Å². The average molecular weight is 264 g/mol. The lowest BCUT2D eigenvalue weighted by molar-refractivity contribution is 0.174. The number of thiazole rings is 1. The van der Waals surface area contributed by atoms with Crippen LogP contribution in [-0.4, -0.2) is 23.7 Å². The van der Waals surface area contributed by atoms with Crippen LogP contribution < -0.4 is 10.1 Å². The fourth-order valence-corrected chi connectivity index (χ4v) is 2.19. The number of aromatic nitrogens is 1. The fraction of sp³-hybridized carbons (Fsp3) is 0.308. The summed E-state index contributed by atoms with van der Waals surface area (Å²) in [6, 6.07) is 7.47. The molecule has 2 aromatic rings. The van der Waals surface area contributed by atoms with Gasteiger partial charge >= 0.3 is 0 Å². The number of hydrogen-bond donors (Lipinski definition) is 2. The van der Waals surface area contributed by atoms with Crippen molar-refractivity contribution in [3.8, 4) is 5.75 Å². The molecule has 0 aliphatic rings. The van der Waals surface area contributed by atoms with E-state index < -0.39 is 6.10 Å². The molecule has 1 aromatic heterocycles. The van der Waals surface area contributed by atoms with E-state index in [2.05, 4.69) is 10.3 Å². The van der Waals surface area contributed by atoms with Crippen molar-refractivity contribution in [3.05, 3.63) is 46.4 Å². The van der Waals surface area contributed by atoms with Crippen LogP contribution in [0.5, 0.6) is 5.75 Å². The number of methoxy groups -OCH3 is 1. The van der Waals surface area contributed by atoms with E-state index in [0.29, 0.717) is 6.54 Å². The minimum Gasteiger partial charge on any atom is -0.497 e. The van der Waals surface area contributed by atoms with Crippen molar-refractivity contribution in [2.45, 2.75) is 12.6 Å². The Bertz CT molecular complexity index is 474. The molecule has 0 saturated carbocycles. The molecule has 96 valence electrons. The second-order valence-electron chi connectivity index (χ2n) is 3.89. The molecule has 1 atom stereocenters. The number of ether oxygens (including phenoxy) is 1. The van der Waals surface area contributed by atoms with E-state index in [4.69, 9.17) is 4.74 Å². The van der Waals surface area contributed by atoms with Crippen LogP contribution in [0.1, 0.15) is 16.5 Å². The van der Waals surface area contributed by atoms with Crippen LogP contribution in [-0.2, 0) is 6.54 Å². The summed E-state index contributed by atoms with van der Waals surface area (Å²) in [7, 11) is 1.62. The second-order valence-corrected chi connectivity index (χ2v) is 4.86. The zero-order chi connectivity index (χ0) is 12.8. The summed E-state index contributed by atoms with van der Waals surface area (Å²) < 4.78 is 5.13. The summed E-state index contributed by atoms with van der Waals surface area (Å²) in [6.07, 6.45) is 1.29. The molecular weight excluding hydrogens is 248 g/mol. The van der Waals surface area contributed by atoms with Crippen LogP contribution in [0.3, 0.4) is 0 Å². The maximum Gasteiger partial charge on any atom is 0.119 e. The van der Waals surface area contributed by atoms with Gasteiger partial charge in [-0.05, 0) is 17.7 Å². The summed E-state index contributed by atoms with van der Waals surface area (Å²) in [5.41, 5.74) is 2.65. The van der Waals surface area contributed by atoms with Gasteiger partial charge in [0.05, 0.1) is 18.7 Å². The van der Waals surface area contributed by atoms with E-state index in [0.717, 1.165) is 22.7 Å². The third-order valence-corrected chi connectivity index (χ3v) is 3.38. The van der Waals surface area contributed by atoms with E-state index in [-0.39, 0.29) is 0 Å². The predicted molar refractivity (Wildman–Crippen MR) is 71.8 cm³/mol. The van der Waals surface area contributed by atoms with Gasteiger partial charge in [-0.1, -0.05) is 12.1 Å². The highest BCUT2D eigenvalue weighted by atomic mass is 32.1. The summed E-state index contributed by atoms with van der Waals surface area (Å²) in [6.45, 7) is 1.23. The quantitative estimate of drug-likeness (QED) is 0.837. The molecule has 1 aromatic carbocycles. The Morgan fingerprint density at radius 1 is 1.50 bits per heavy atom. The molecule has 4 nitrogen and oxygen atoms in total. The second kappa shape index (κ2) is 6.49. The highest BCUT2D eigenvalue weighted by Gasteiger charge is 2.08. The zero-order valence-corrected chi connectivity index (χ0v) is 11.0. The first kappa shape index (κ1) is 13.0. The van der Waals surface area contributed by atoms with Crippen molar-refractivity contribution in [1.82, 2.24) is 10.3 Å². The molecule has 0 radical (unpaired) electrons. The lowest BCUT2D eigenvalue weighted by atomic mass is 10.1. The molecule has 1 unspecified atom stereocenters. The number of nitrogens with one attached hydrogen (secondary N) is 1. The Hall–Kier alpha value is -1.43. The van der Waals surface area contributed by atoms with E-state index in [1.54, 1.807) is 24.0 Å². The van der Waals surface area contributed by atoms with Gasteiger partial charge in [0.15, 0.2) is 0 Å². The van der Waals surface area contributed by atoms with Gasteiger partial charge in [0.25, 0.3) is 0 Å². The summed E-state index contributed by atoms with van der Waals surface area (Å²) in [5, 5.41) is 13.2. The first-order valence-corrected chi connectivity index (χ1v) is 6.57. The van der Waals surface area contributed by atoms with E-state index in [1.165, 1.54) is 0 Å². The number of nitrogens with zero attached hydrogens (tertiary/aromatic N) is 1. The van der Waals surface area contributed by atoms with Crippen molar-refractivity contribution in [1.29, 1.82) is 0 Å². The molecule has 5 heteroatoms. The largest absolute Gasteiger partial charge is 0.497 e. The molecular formula is C13H16N2O2S. The fourth-order valence-electron chi connectivity index (χ4n) is 1.63. The molecule has 0 amide bonds. The van der Waals surface area contributed by atoms with Crippen molar-refractivity contribution >= 4 is 11.3 Å². The van der Waals surface area contributed by atoms with Gasteiger partial charge in [-0.3, -0.25) is 4.98 Å². The molecule has 0 bridgehead atoms. The van der Waals surface area contributed by atoms with Crippen molar-refractivity contribution in [3.63, 3.8) is 0 Å². The Kier molecular flexibility index (Phi) is 4.69. The molecule has 0 saturated heterocycles. The molecule has 0 fully saturated rings. The van der Waals surface area contributed by atoms with Crippen molar-refractivity contribution < 1.29 is 9.84 Å². The van der Waals surface area contributed by atoms with Crippen LogP contribution in [0.25, 0.3) is 0 Å². The lowest BCUT2D eigenvalue weighted by Gasteiger charge is -2.12. The molecule has 2 rings (SSSR count). The molecule has 18 heavy (non-hydrogen) atoms. The smallest absolute Gasteiger partial charge is 0.119 e. The third kappa shape index (κ3) is 3.53. The zero-order valence-electron chi connectivity index (χ0n) is 10.2. The Balaban J connectivity index is 1.85. The van der Waals surface area contributed by atoms with Crippen molar-refractivity contribution in [2.24, 2.45) is 0 Å². The third-order valence-electron chi connectivity index (χ3n) is 2.60. The van der Waals surface area contributed by atoms with Crippen LogP contribution >= 0.6 is 11.3 Å². The maximum absolute atomic E-state index is 10.0. The standard InChI is InChI=1S/C13H16N2O2S/c1-17-11-4-2-3-10(5-11)13(16)8-14-6-12-7-15-9-18-12/h2-5,7,9,13-14,16H,6,8H2,1H3. The lowest BCUT2D eigenvalue weighted by Crippen LogP contribution is -2.20. The van der Waals surface area contributed by atoms with Gasteiger partial charge < -0.3 is 15.2 Å².